The van der Waals surface area contributed by atoms with E-state index < -0.39 is 0 Å². The zero-order valence-electron chi connectivity index (χ0n) is 5.33. The molecule has 0 aromatic carbocycles. The van der Waals surface area contributed by atoms with Crippen molar-refractivity contribution in [3.8, 4) is 0 Å². The molecule has 0 unspecified atom stereocenters. The highest BCUT2D eigenvalue weighted by molar-refractivity contribution is 4.94. The molecule has 3 heteroatoms. The van der Waals surface area contributed by atoms with Crippen LogP contribution in [0.2, 0.25) is 0 Å². The van der Waals surface area contributed by atoms with E-state index in [-0.39, 0.29) is 0 Å². The van der Waals surface area contributed by atoms with Crippen LogP contribution in [0.15, 0.2) is 25.2 Å². The van der Waals surface area contributed by atoms with Gasteiger partial charge in [-0.2, -0.15) is 0 Å². The third-order valence-corrected chi connectivity index (χ3v) is 1.28. The number of nitrogens with two attached hydrogens (primary N) is 1. The molecule has 0 radical (unpaired) electrons. The van der Waals surface area contributed by atoms with E-state index in [2.05, 4.69) is 6.58 Å². The van der Waals surface area contributed by atoms with Gasteiger partial charge in [-0.05, 0) is 6.20 Å². The zero-order chi connectivity index (χ0) is 6.69. The summed E-state index contributed by atoms with van der Waals surface area (Å²) in [5.74, 6) is 0. The van der Waals surface area contributed by atoms with Crippen molar-refractivity contribution >= 4 is 0 Å². The zero-order valence-corrected chi connectivity index (χ0v) is 5.33. The average Bonchev–Trinajstić information content (AvgIpc) is 2.34. The van der Waals surface area contributed by atoms with Gasteiger partial charge in [-0.15, -0.1) is 0 Å². The molecule has 0 fully saturated rings. The molecule has 1 heterocycles. The quantitative estimate of drug-likeness (QED) is 0.567. The van der Waals surface area contributed by atoms with Crippen molar-refractivity contribution in [3.05, 3.63) is 25.2 Å². The lowest BCUT2D eigenvalue weighted by atomic mass is 10.8. The highest BCUT2D eigenvalue weighted by atomic mass is 15.3. The number of hydrogen-bond donors (Lipinski definition) is 1. The van der Waals surface area contributed by atoms with E-state index in [9.17, 15) is 0 Å². The molecule has 3 nitrogen and oxygen atoms in total. The molecule has 0 aromatic rings. The summed E-state index contributed by atoms with van der Waals surface area (Å²) in [5, 5.41) is 0. The first-order chi connectivity index (χ1) is 4.36. The van der Waals surface area contributed by atoms with Crippen molar-refractivity contribution in [1.29, 1.82) is 0 Å². The van der Waals surface area contributed by atoms with Crippen LogP contribution in [-0.2, 0) is 0 Å². The van der Waals surface area contributed by atoms with Crippen molar-refractivity contribution in [2.75, 3.05) is 13.3 Å². The van der Waals surface area contributed by atoms with Crippen molar-refractivity contribution in [2.45, 2.75) is 0 Å². The van der Waals surface area contributed by atoms with Crippen molar-refractivity contribution in [1.82, 2.24) is 9.80 Å². The van der Waals surface area contributed by atoms with Gasteiger partial charge in [0.25, 0.3) is 0 Å². The Hall–Kier alpha value is -0.960. The standard InChI is InChI=1S/C6H11N3/c1-2-8-3-4-9(5-7)6-8/h2-4H,1,5-7H2. The van der Waals surface area contributed by atoms with E-state index in [0.29, 0.717) is 6.67 Å². The van der Waals surface area contributed by atoms with Crippen LogP contribution >= 0.6 is 0 Å². The summed E-state index contributed by atoms with van der Waals surface area (Å²) in [6.07, 6.45) is 5.66. The molecule has 0 bridgehead atoms. The van der Waals surface area contributed by atoms with Gasteiger partial charge < -0.3 is 15.5 Å². The Bertz CT molecular complexity index is 130. The summed E-state index contributed by atoms with van der Waals surface area (Å²) < 4.78 is 0. The molecule has 1 rings (SSSR count). The molecule has 0 spiro atoms. The van der Waals surface area contributed by atoms with Crippen molar-refractivity contribution in [2.24, 2.45) is 5.73 Å². The third-order valence-electron chi connectivity index (χ3n) is 1.28. The minimum absolute atomic E-state index is 0.570. The predicted molar refractivity (Wildman–Crippen MR) is 36.9 cm³/mol. The minimum atomic E-state index is 0.570. The molecule has 0 aromatic heterocycles. The summed E-state index contributed by atoms with van der Waals surface area (Å²) in [5.41, 5.74) is 5.36. The van der Waals surface area contributed by atoms with Gasteiger partial charge in [-0.25, -0.2) is 0 Å². The summed E-state index contributed by atoms with van der Waals surface area (Å²) in [7, 11) is 0. The fourth-order valence-corrected chi connectivity index (χ4v) is 0.721. The van der Waals surface area contributed by atoms with Crippen LogP contribution in [0.25, 0.3) is 0 Å². The van der Waals surface area contributed by atoms with E-state index >= 15 is 0 Å². The molecule has 2 N–H and O–H groups in total. The van der Waals surface area contributed by atoms with Crippen LogP contribution in [-0.4, -0.2) is 23.1 Å². The van der Waals surface area contributed by atoms with Gasteiger partial charge in [0, 0.05) is 12.4 Å². The maximum absolute atomic E-state index is 5.36. The minimum Gasteiger partial charge on any atom is -0.346 e. The lowest BCUT2D eigenvalue weighted by molar-refractivity contribution is 0.322. The molecule has 9 heavy (non-hydrogen) atoms. The lowest BCUT2D eigenvalue weighted by Crippen LogP contribution is -2.27. The van der Waals surface area contributed by atoms with Crippen LogP contribution < -0.4 is 5.73 Å². The van der Waals surface area contributed by atoms with Gasteiger partial charge in [0.2, 0.25) is 0 Å². The molecule has 0 saturated carbocycles. The van der Waals surface area contributed by atoms with E-state index in [4.69, 9.17) is 5.73 Å². The monoisotopic (exact) mass is 125 g/mol. The van der Waals surface area contributed by atoms with E-state index in [1.165, 1.54) is 0 Å². The second-order valence-corrected chi connectivity index (χ2v) is 1.91. The van der Waals surface area contributed by atoms with Crippen molar-refractivity contribution in [3.63, 3.8) is 0 Å². The third kappa shape index (κ3) is 1.23. The molecule has 0 amide bonds. The number of rotatable bonds is 2. The van der Waals surface area contributed by atoms with Gasteiger partial charge in [0.1, 0.15) is 0 Å². The molecule has 50 valence electrons. The molecule has 0 atom stereocenters. The smallest absolute Gasteiger partial charge is 0.0947 e. The second kappa shape index (κ2) is 2.55. The summed E-state index contributed by atoms with van der Waals surface area (Å²) in [6, 6.07) is 0. The first kappa shape index (κ1) is 6.16. The maximum Gasteiger partial charge on any atom is 0.0947 e. The molecule has 1 aliphatic rings. The number of nitrogens with zero attached hydrogens (tertiary/aromatic N) is 2. The Morgan fingerprint density at radius 3 is 2.78 bits per heavy atom. The fraction of sp³-hybridized carbons (Fsp3) is 0.333. The van der Waals surface area contributed by atoms with Crippen LogP contribution in [0.5, 0.6) is 0 Å². The predicted octanol–water partition coefficient (Wildman–Crippen LogP) is 0.0924. The van der Waals surface area contributed by atoms with Crippen LogP contribution in [0.4, 0.5) is 0 Å². The van der Waals surface area contributed by atoms with Gasteiger partial charge in [-0.3, -0.25) is 0 Å². The molecular formula is C6H11N3. The summed E-state index contributed by atoms with van der Waals surface area (Å²) in [4.78, 5) is 3.95. The Balaban J connectivity index is 2.39. The highest BCUT2D eigenvalue weighted by Crippen LogP contribution is 2.03. The van der Waals surface area contributed by atoms with Gasteiger partial charge in [-0.1, -0.05) is 6.58 Å². The largest absolute Gasteiger partial charge is 0.346 e. The Labute approximate surface area is 55.0 Å². The summed E-state index contributed by atoms with van der Waals surface area (Å²) in [6.45, 7) is 5.02. The summed E-state index contributed by atoms with van der Waals surface area (Å²) >= 11 is 0. The molecule has 1 aliphatic heterocycles. The average molecular weight is 125 g/mol. The van der Waals surface area contributed by atoms with E-state index in [1.54, 1.807) is 6.20 Å². The van der Waals surface area contributed by atoms with E-state index in [0.717, 1.165) is 6.67 Å². The van der Waals surface area contributed by atoms with Gasteiger partial charge in [0.15, 0.2) is 0 Å². The molecule has 0 aliphatic carbocycles. The second-order valence-electron chi connectivity index (χ2n) is 1.91. The first-order valence-electron chi connectivity index (χ1n) is 2.87. The van der Waals surface area contributed by atoms with Crippen LogP contribution in [0.1, 0.15) is 0 Å². The topological polar surface area (TPSA) is 32.5 Å². The normalized spacial score (nSPS) is 17.0. The maximum atomic E-state index is 5.36. The van der Waals surface area contributed by atoms with Gasteiger partial charge in [0.05, 0.1) is 13.3 Å². The van der Waals surface area contributed by atoms with Crippen LogP contribution in [0, 0.1) is 0 Å². The first-order valence-corrected chi connectivity index (χ1v) is 2.87. The van der Waals surface area contributed by atoms with Crippen LogP contribution in [0.3, 0.4) is 0 Å². The van der Waals surface area contributed by atoms with Gasteiger partial charge >= 0.3 is 0 Å². The van der Waals surface area contributed by atoms with Crippen molar-refractivity contribution < 1.29 is 0 Å². The fourth-order valence-electron chi connectivity index (χ4n) is 0.721. The molecule has 0 saturated heterocycles. The number of hydrogen-bond acceptors (Lipinski definition) is 3. The molecular weight excluding hydrogens is 114 g/mol. The highest BCUT2D eigenvalue weighted by Gasteiger charge is 2.05. The Kier molecular flexibility index (Phi) is 1.75. The Morgan fingerprint density at radius 2 is 2.44 bits per heavy atom. The van der Waals surface area contributed by atoms with E-state index in [1.807, 2.05) is 22.2 Å². The lowest BCUT2D eigenvalue weighted by Gasteiger charge is -2.15. The Morgan fingerprint density at radius 1 is 1.67 bits per heavy atom. The SMILES string of the molecule is C=CN1C=CN(CN)C1.